The van der Waals surface area contributed by atoms with Crippen LogP contribution < -0.4 is 46.6 Å². The number of halogens is 4. The molecule has 41 heteroatoms. The number of nitrogens with zero attached hydrogens (tertiary/aromatic N) is 13. The van der Waals surface area contributed by atoms with Crippen molar-refractivity contribution in [2.75, 3.05) is 166 Å². The summed E-state index contributed by atoms with van der Waals surface area (Å²) < 4.78 is 85.6. The van der Waals surface area contributed by atoms with Gasteiger partial charge in [-0.3, -0.25) is 69.3 Å². The van der Waals surface area contributed by atoms with Gasteiger partial charge in [0.2, 0.25) is 29.7 Å². The number of alkyl halides is 3. The molecule has 0 unspecified atom stereocenters. The van der Waals surface area contributed by atoms with Crippen molar-refractivity contribution in [1.29, 1.82) is 0 Å². The van der Waals surface area contributed by atoms with Gasteiger partial charge in [-0.2, -0.15) is 13.2 Å². The van der Waals surface area contributed by atoms with Crippen LogP contribution in [0.15, 0.2) is 176 Å². The van der Waals surface area contributed by atoms with Crippen LogP contribution in [0.5, 0.6) is 0 Å². The number of aromatic nitrogens is 8. The Morgan fingerprint density at radius 2 is 0.761 bits per heavy atom. The molecule has 0 aliphatic carbocycles. The number of aliphatic hydroxyl groups excluding tert-OH is 4. The fraction of sp³-hybridized carbons (Fsp3) is 0.312. The Bertz CT molecular complexity index is 6390. The van der Waals surface area contributed by atoms with Gasteiger partial charge in [0.05, 0.1) is 89.3 Å². The van der Waals surface area contributed by atoms with E-state index in [9.17, 15) is 85.9 Å². The second-order valence-corrected chi connectivity index (χ2v) is 31.0. The maximum Gasteiger partial charge on any atom is 0.416 e. The summed E-state index contributed by atoms with van der Waals surface area (Å²) in [5.74, 6) is -2.54. The molecule has 5 aliphatic rings. The third-order valence-electron chi connectivity index (χ3n) is 22.0. The molecule has 12 aromatic rings. The van der Waals surface area contributed by atoms with Crippen LogP contribution in [-0.2, 0) is 75.2 Å². The van der Waals surface area contributed by atoms with E-state index in [-0.39, 0.29) is 98.8 Å². The number of nitrogens with one attached hydrogen (secondary N) is 4. The van der Waals surface area contributed by atoms with Gasteiger partial charge in [0.25, 0.3) is 47.3 Å². The van der Waals surface area contributed by atoms with Crippen LogP contribution in [0.3, 0.4) is 0 Å². The Hall–Kier alpha value is -14.7. The molecule has 0 bridgehead atoms. The van der Waals surface area contributed by atoms with Crippen molar-refractivity contribution in [1.82, 2.24) is 43.1 Å². The van der Waals surface area contributed by atoms with Crippen LogP contribution in [0, 0.1) is 5.82 Å². The number of nitrogens with two attached hydrogens (primary N) is 1. The first-order valence-electron chi connectivity index (χ1n) is 43.1. The summed E-state index contributed by atoms with van der Waals surface area (Å²) in [6.07, 6.45) is 0.206. The first kappa shape index (κ1) is 95.4. The molecule has 0 spiro atoms. The number of hydrogen-bond acceptors (Lipinski definition) is 23. The number of aryl methyl sites for hydroxylation is 4. The van der Waals surface area contributed by atoms with Gasteiger partial charge < -0.3 is 87.7 Å². The quantitative estimate of drug-likeness (QED) is 0.0171. The SMILES string of the molecule is NC(=O)/C=C/c1cccc(C(=O)Nc2nc3cc(N4CCOCC4=O)ccc3n2CCCO)c1.O=C(Nc1nc2cc(N3CCCOC3=O)ccc2n1CCCO)c1cccc(C(F)(F)F)c1.O=C(Nc1nc2cc(N3CCOCC3=O)ccc2n1CCCO)c1cccc(C(=O)N2CCOCC2)c1.O=C(Nc1nc2cc(N3CCOCC3=O)ccc2n1CCCO)c1cccc(F)c1. The fourth-order valence-corrected chi connectivity index (χ4v) is 15.4. The minimum absolute atomic E-state index is 0.0122. The molecular weight excluding hydrogens is 1750 g/mol. The molecule has 5 fully saturated rings. The second kappa shape index (κ2) is 44.5. The van der Waals surface area contributed by atoms with Crippen molar-refractivity contribution in [3.05, 3.63) is 221 Å². The first-order valence-corrected chi connectivity index (χ1v) is 43.1. The van der Waals surface area contributed by atoms with Gasteiger partial charge in [0.1, 0.15) is 25.6 Å². The zero-order chi connectivity index (χ0) is 94.5. The predicted octanol–water partition coefficient (Wildman–Crippen LogP) is 9.25. The number of carbonyl (C=O) groups is 10. The van der Waals surface area contributed by atoms with Crippen LogP contribution >= 0.6 is 0 Å². The van der Waals surface area contributed by atoms with E-state index in [2.05, 4.69) is 41.2 Å². The van der Waals surface area contributed by atoms with E-state index in [1.54, 1.807) is 108 Å². The Morgan fingerprint density at radius 3 is 1.14 bits per heavy atom. The van der Waals surface area contributed by atoms with E-state index >= 15 is 0 Å². The standard InChI is InChI=1S/C26H29N5O6.C24H25N5O5.C22H21F3N4O4.C21H21FN4O4/c32-11-2-7-31-22-6-5-20(30-10-14-37-17-23(30)33)16-21(22)27-26(31)28-24(34)18-3-1-4-19(15-18)25(35)29-8-12-36-13-9-29;25-21(31)8-5-16-3-1-4-17(13-16)23(33)27-24-26-19-14-18(28-10-12-34-15-22(28)32)6-7-20(19)29(24)9-2-11-30;23-22(24,25)15-5-1-4-14(12-15)19(31)27-20-26-17-13-16(28-9-3-11-33-21(28)32)6-7-18(17)29(20)8-2-10-30;22-15-4-1-3-14(11-15)20(29)24-21-23-17-12-16(25-8-10-30-13-19(25)28)5-6-18(17)26(21)7-2-9-27/h1,3-6,15-16,32H,2,7-14,17H2,(H,27,28,34);1,3-8,13-14,30H,2,9-12,15H2,(H2,25,31)(H,26,27,33);1,4-7,12-13,30H,2-3,8-11H2,(H,26,27,31);1,3-6,11-12,27H,2,7-10,13H2,(H,23,24,29)/b;8-5+;;. The van der Waals surface area contributed by atoms with Gasteiger partial charge >= 0.3 is 12.3 Å². The highest BCUT2D eigenvalue weighted by atomic mass is 19.4. The Kier molecular flexibility index (Phi) is 31.6. The molecular formula is C93H96F4N18O19. The molecule has 10 N–H and O–H groups in total. The van der Waals surface area contributed by atoms with E-state index in [4.69, 9.17) is 29.4 Å². The summed E-state index contributed by atoms with van der Waals surface area (Å²) >= 11 is 0. The van der Waals surface area contributed by atoms with E-state index in [0.29, 0.717) is 222 Å². The summed E-state index contributed by atoms with van der Waals surface area (Å²) in [6.45, 7) is 7.25. The number of benzene rings is 8. The number of primary amides is 1. The summed E-state index contributed by atoms with van der Waals surface area (Å²) in [5.41, 5.74) is 13.9. The molecule has 9 heterocycles. The van der Waals surface area contributed by atoms with Crippen molar-refractivity contribution in [3.8, 4) is 0 Å². The van der Waals surface area contributed by atoms with E-state index in [1.165, 1.54) is 41.3 Å². The van der Waals surface area contributed by atoms with Crippen LogP contribution in [0.25, 0.3) is 50.2 Å². The summed E-state index contributed by atoms with van der Waals surface area (Å²) in [6, 6.07) is 44.4. The van der Waals surface area contributed by atoms with Crippen molar-refractivity contribution in [2.45, 2.75) is 64.5 Å². The average molecular weight is 1850 g/mol. The topological polar surface area (TPSA) is 459 Å². The number of anilines is 8. The minimum atomic E-state index is -4.57. The van der Waals surface area contributed by atoms with Crippen molar-refractivity contribution < 1.29 is 110 Å². The lowest BCUT2D eigenvalue weighted by atomic mass is 10.1. The summed E-state index contributed by atoms with van der Waals surface area (Å²) in [7, 11) is 0. The monoisotopic (exact) mass is 1840 g/mol. The smallest absolute Gasteiger partial charge is 0.416 e. The van der Waals surface area contributed by atoms with Crippen molar-refractivity contribution in [2.24, 2.45) is 5.73 Å². The highest BCUT2D eigenvalue weighted by Crippen LogP contribution is 2.35. The molecule has 10 amide bonds. The molecule has 700 valence electrons. The van der Waals surface area contributed by atoms with Gasteiger partial charge in [-0.25, -0.2) is 29.1 Å². The van der Waals surface area contributed by atoms with Crippen molar-refractivity contribution >= 4 is 156 Å². The second-order valence-electron chi connectivity index (χ2n) is 31.0. The number of amides is 10. The number of morpholine rings is 4. The van der Waals surface area contributed by atoms with Gasteiger partial charge in [0.15, 0.2) is 0 Å². The Morgan fingerprint density at radius 1 is 0.403 bits per heavy atom. The number of cyclic esters (lactones) is 1. The molecule has 5 aliphatic heterocycles. The summed E-state index contributed by atoms with van der Waals surface area (Å²) in [5, 5.41) is 48.2. The largest absolute Gasteiger partial charge is 0.449 e. The zero-order valence-corrected chi connectivity index (χ0v) is 72.4. The molecule has 5 saturated heterocycles. The molecule has 134 heavy (non-hydrogen) atoms. The number of fused-ring (bicyclic) bond motifs is 4. The number of ether oxygens (including phenoxy) is 5. The Balaban J connectivity index is 0.000000144. The molecule has 0 atom stereocenters. The molecule has 8 aromatic carbocycles. The van der Waals surface area contributed by atoms with E-state index < -0.39 is 47.3 Å². The average Bonchev–Trinajstić information content (AvgIpc) is 1.64. The molecule has 4 aromatic heterocycles. The zero-order valence-electron chi connectivity index (χ0n) is 72.4. The lowest BCUT2D eigenvalue weighted by Crippen LogP contribution is -2.41. The lowest BCUT2D eigenvalue weighted by molar-refractivity contribution is -0.137. The number of carbonyl (C=O) groups excluding carboxylic acids is 10. The highest BCUT2D eigenvalue weighted by molar-refractivity contribution is 6.09. The summed E-state index contributed by atoms with van der Waals surface area (Å²) in [4.78, 5) is 150. The highest BCUT2D eigenvalue weighted by Gasteiger charge is 2.33. The Labute approximate surface area is 762 Å². The van der Waals surface area contributed by atoms with Crippen LogP contribution in [0.4, 0.5) is 68.9 Å². The maximum atomic E-state index is 13.5. The number of aliphatic hydroxyl groups is 4. The lowest BCUT2D eigenvalue weighted by Gasteiger charge is -2.27. The fourth-order valence-electron chi connectivity index (χ4n) is 15.4. The predicted molar refractivity (Wildman–Crippen MR) is 486 cm³/mol. The number of imidazole rings is 4. The van der Waals surface area contributed by atoms with Crippen LogP contribution in [-0.4, -0.2) is 248 Å². The normalized spacial score (nSPS) is 14.9. The van der Waals surface area contributed by atoms with E-state index in [1.807, 2.05) is 51.6 Å². The van der Waals surface area contributed by atoms with Gasteiger partial charge in [-0.15, -0.1) is 0 Å². The molecule has 0 radical (unpaired) electrons. The van der Waals surface area contributed by atoms with Gasteiger partial charge in [0, 0.05) is 149 Å². The number of rotatable bonds is 27. The van der Waals surface area contributed by atoms with E-state index in [0.717, 1.165) is 40.8 Å². The van der Waals surface area contributed by atoms with Gasteiger partial charge in [-0.1, -0.05) is 30.3 Å². The molecule has 17 rings (SSSR count). The molecule has 0 saturated carbocycles. The first-order chi connectivity index (χ1) is 64.8. The molecule has 37 nitrogen and oxygen atoms in total. The minimum Gasteiger partial charge on any atom is -0.449 e. The maximum absolute atomic E-state index is 13.5. The van der Waals surface area contributed by atoms with Gasteiger partial charge in [-0.05, 0) is 183 Å². The van der Waals surface area contributed by atoms with Crippen LogP contribution in [0.1, 0.15) is 95.0 Å². The van der Waals surface area contributed by atoms with Crippen molar-refractivity contribution in [3.63, 3.8) is 0 Å². The third kappa shape index (κ3) is 23.4. The van der Waals surface area contributed by atoms with Crippen LogP contribution in [0.2, 0.25) is 0 Å². The number of hydrogen-bond donors (Lipinski definition) is 9. The third-order valence-corrected chi connectivity index (χ3v) is 22.0.